The zero-order chi connectivity index (χ0) is 29.3. The number of rotatable bonds is 11. The molecule has 0 aromatic heterocycles. The van der Waals surface area contributed by atoms with Crippen LogP contribution in [-0.4, -0.2) is 64.7 Å². The molecule has 0 aliphatic heterocycles. The molecule has 3 amide bonds. The van der Waals surface area contributed by atoms with Gasteiger partial charge in [0.25, 0.3) is 5.91 Å². The van der Waals surface area contributed by atoms with Gasteiger partial charge in [0, 0.05) is 6.54 Å². The lowest BCUT2D eigenvalue weighted by molar-refractivity contribution is -0.141. The van der Waals surface area contributed by atoms with Gasteiger partial charge in [0.1, 0.15) is 17.7 Å². The molecular formula is C29H40ClN3O5S. The molecule has 2 rings (SSSR count). The van der Waals surface area contributed by atoms with E-state index < -0.39 is 35.6 Å². The fourth-order valence-electron chi connectivity index (χ4n) is 4.18. The predicted molar refractivity (Wildman–Crippen MR) is 158 cm³/mol. The van der Waals surface area contributed by atoms with E-state index in [2.05, 4.69) is 10.6 Å². The number of nitrogens with one attached hydrogen (secondary N) is 2. The van der Waals surface area contributed by atoms with Gasteiger partial charge in [-0.2, -0.15) is 11.8 Å². The van der Waals surface area contributed by atoms with Gasteiger partial charge in [-0.1, -0.05) is 47.5 Å². The number of carbonyl (C=O) groups is 3. The number of aliphatic hydroxyl groups is 1. The molecule has 8 nitrogen and oxygen atoms in total. The molecule has 2 unspecified atom stereocenters. The summed E-state index contributed by atoms with van der Waals surface area (Å²) in [5, 5.41) is 15.9. The Morgan fingerprint density at radius 3 is 2.36 bits per heavy atom. The van der Waals surface area contributed by atoms with E-state index in [1.54, 1.807) is 32.9 Å². The highest BCUT2D eigenvalue weighted by Crippen LogP contribution is 2.31. The Kier molecular flexibility index (Phi) is 12.1. The largest absolute Gasteiger partial charge is 0.444 e. The maximum Gasteiger partial charge on any atom is 0.408 e. The number of carbonyl (C=O) groups excluding carboxylic acids is 3. The molecule has 2 aromatic rings. The summed E-state index contributed by atoms with van der Waals surface area (Å²) < 4.78 is 5.40. The normalized spacial score (nSPS) is 12.8. The Morgan fingerprint density at radius 2 is 1.79 bits per heavy atom. The highest BCUT2D eigenvalue weighted by molar-refractivity contribution is 7.98. The van der Waals surface area contributed by atoms with Crippen LogP contribution in [0, 0.1) is 20.8 Å². The van der Waals surface area contributed by atoms with Crippen molar-refractivity contribution in [3.63, 3.8) is 0 Å². The van der Waals surface area contributed by atoms with Crippen molar-refractivity contribution in [1.29, 1.82) is 0 Å². The number of nitrogens with zero attached hydrogens (tertiary/aromatic N) is 1. The quantitative estimate of drug-likeness (QED) is 0.329. The molecule has 0 bridgehead atoms. The van der Waals surface area contributed by atoms with Crippen molar-refractivity contribution in [3.8, 4) is 0 Å². The number of thioether (sulfide) groups is 1. The van der Waals surface area contributed by atoms with Gasteiger partial charge in [-0.25, -0.2) is 4.79 Å². The zero-order valence-corrected chi connectivity index (χ0v) is 25.3. The molecule has 2 atom stereocenters. The van der Waals surface area contributed by atoms with Gasteiger partial charge in [-0.15, -0.1) is 0 Å². The summed E-state index contributed by atoms with van der Waals surface area (Å²) in [5.74, 6) is -0.404. The maximum atomic E-state index is 14.1. The molecule has 0 aliphatic rings. The van der Waals surface area contributed by atoms with E-state index in [0.29, 0.717) is 28.4 Å². The molecule has 0 radical (unpaired) electrons. The fourth-order valence-corrected chi connectivity index (χ4v) is 4.92. The third-order valence-electron chi connectivity index (χ3n) is 5.97. The van der Waals surface area contributed by atoms with Crippen LogP contribution in [0.1, 0.15) is 55.5 Å². The molecule has 10 heteroatoms. The van der Waals surface area contributed by atoms with Crippen molar-refractivity contribution in [3.05, 3.63) is 63.7 Å². The topological polar surface area (TPSA) is 108 Å². The summed E-state index contributed by atoms with van der Waals surface area (Å²) >= 11 is 7.92. The molecule has 0 fully saturated rings. The lowest BCUT2D eigenvalue weighted by Gasteiger charge is -2.35. The van der Waals surface area contributed by atoms with E-state index >= 15 is 0 Å². The molecule has 0 spiro atoms. The van der Waals surface area contributed by atoms with E-state index in [1.807, 2.05) is 51.3 Å². The summed E-state index contributed by atoms with van der Waals surface area (Å²) in [7, 11) is 0. The Balaban J connectivity index is 2.57. The molecule has 39 heavy (non-hydrogen) atoms. The van der Waals surface area contributed by atoms with E-state index in [4.69, 9.17) is 16.3 Å². The van der Waals surface area contributed by atoms with Crippen LogP contribution in [0.15, 0.2) is 36.4 Å². The van der Waals surface area contributed by atoms with Crippen LogP contribution in [0.2, 0.25) is 5.02 Å². The van der Waals surface area contributed by atoms with Crippen LogP contribution < -0.4 is 10.6 Å². The van der Waals surface area contributed by atoms with Gasteiger partial charge in [-0.05, 0) is 82.7 Å². The Morgan fingerprint density at radius 1 is 1.10 bits per heavy atom. The van der Waals surface area contributed by atoms with Crippen molar-refractivity contribution in [2.45, 2.75) is 65.6 Å². The van der Waals surface area contributed by atoms with E-state index in [-0.39, 0.29) is 13.2 Å². The number of aliphatic hydroxyl groups excluding tert-OH is 1. The maximum absolute atomic E-state index is 14.1. The average Bonchev–Trinajstić information content (AvgIpc) is 2.83. The van der Waals surface area contributed by atoms with Crippen molar-refractivity contribution in [2.24, 2.45) is 0 Å². The number of para-hydroxylation sites is 1. The Hall–Kier alpha value is -2.75. The number of alkyl carbamates (subject to hydrolysis) is 1. The van der Waals surface area contributed by atoms with Crippen LogP contribution in [0.25, 0.3) is 0 Å². The highest BCUT2D eigenvalue weighted by Gasteiger charge is 2.37. The monoisotopic (exact) mass is 577 g/mol. The summed E-state index contributed by atoms with van der Waals surface area (Å²) in [4.78, 5) is 42.0. The summed E-state index contributed by atoms with van der Waals surface area (Å²) in [5.41, 5.74) is 2.87. The van der Waals surface area contributed by atoms with Crippen LogP contribution in [0.4, 0.5) is 10.5 Å². The van der Waals surface area contributed by atoms with E-state index in [9.17, 15) is 19.5 Å². The minimum Gasteiger partial charge on any atom is -0.444 e. The van der Waals surface area contributed by atoms with E-state index in [1.165, 1.54) is 16.7 Å². The second-order valence-corrected chi connectivity index (χ2v) is 11.8. The van der Waals surface area contributed by atoms with Gasteiger partial charge in [0.15, 0.2) is 0 Å². The summed E-state index contributed by atoms with van der Waals surface area (Å²) in [6.07, 6.45) is 1.48. The lowest BCUT2D eigenvalue weighted by atomic mass is 9.96. The van der Waals surface area contributed by atoms with Crippen molar-refractivity contribution < 1.29 is 24.2 Å². The second-order valence-electron chi connectivity index (χ2n) is 10.4. The van der Waals surface area contributed by atoms with Gasteiger partial charge < -0.3 is 25.4 Å². The number of hydrogen-bond acceptors (Lipinski definition) is 6. The molecule has 3 N–H and O–H groups in total. The number of halogens is 1. The smallest absolute Gasteiger partial charge is 0.408 e. The first-order valence-corrected chi connectivity index (χ1v) is 14.6. The fraction of sp³-hybridized carbons (Fsp3) is 0.483. The van der Waals surface area contributed by atoms with Crippen LogP contribution >= 0.6 is 23.4 Å². The van der Waals surface area contributed by atoms with Crippen LogP contribution in [-0.2, 0) is 14.3 Å². The van der Waals surface area contributed by atoms with Crippen molar-refractivity contribution in [1.82, 2.24) is 10.2 Å². The lowest BCUT2D eigenvalue weighted by Crippen LogP contribution is -2.53. The third kappa shape index (κ3) is 9.44. The minimum atomic E-state index is -1.10. The van der Waals surface area contributed by atoms with E-state index in [0.717, 1.165) is 16.7 Å². The SMILES string of the molecule is CSCCC(NC(=O)OC(C)(C)C)C(=O)N(CCO)C(C(=O)Nc1c(C)cccc1Cl)c1ccc(C)cc1C. The second kappa shape index (κ2) is 14.6. The number of benzene rings is 2. The number of amides is 3. The highest BCUT2D eigenvalue weighted by atomic mass is 35.5. The first-order chi connectivity index (χ1) is 18.3. The number of hydrogen-bond donors (Lipinski definition) is 3. The summed E-state index contributed by atoms with van der Waals surface area (Å²) in [6, 6.07) is 8.83. The molecule has 0 saturated carbocycles. The number of aryl methyl sites for hydroxylation is 3. The van der Waals surface area contributed by atoms with Crippen LogP contribution in [0.3, 0.4) is 0 Å². The number of ether oxygens (including phenoxy) is 1. The van der Waals surface area contributed by atoms with Gasteiger partial charge in [0.2, 0.25) is 5.91 Å². The predicted octanol–water partition coefficient (Wildman–Crippen LogP) is 5.41. The number of anilines is 1. The standard InChI is InChI=1S/C29H40ClN3O5S/c1-18-11-12-21(20(3)17-18)25(26(35)32-24-19(2)9-8-10-22(24)30)33(14-15-34)27(36)23(13-16-39-7)31-28(37)38-29(4,5)6/h8-12,17,23,25,34H,13-16H2,1-7H3,(H,31,37)(H,32,35). The molecular weight excluding hydrogens is 538 g/mol. The van der Waals surface area contributed by atoms with Gasteiger partial charge in [0.05, 0.1) is 17.3 Å². The molecule has 0 saturated heterocycles. The third-order valence-corrected chi connectivity index (χ3v) is 6.93. The van der Waals surface area contributed by atoms with Crippen molar-refractivity contribution in [2.75, 3.05) is 30.5 Å². The Labute approximate surface area is 240 Å². The van der Waals surface area contributed by atoms with Gasteiger partial charge in [-0.3, -0.25) is 9.59 Å². The molecule has 0 aliphatic carbocycles. The average molecular weight is 578 g/mol. The first-order valence-electron chi connectivity index (χ1n) is 12.8. The summed E-state index contributed by atoms with van der Waals surface area (Å²) in [6.45, 7) is 10.3. The molecule has 214 valence electrons. The molecule has 0 heterocycles. The molecule has 2 aromatic carbocycles. The zero-order valence-electron chi connectivity index (χ0n) is 23.8. The van der Waals surface area contributed by atoms with Crippen LogP contribution in [0.5, 0.6) is 0 Å². The van der Waals surface area contributed by atoms with Crippen molar-refractivity contribution >= 4 is 47.0 Å². The Bertz CT molecular complexity index is 1150. The minimum absolute atomic E-state index is 0.127. The first kappa shape index (κ1) is 32.5. The van der Waals surface area contributed by atoms with Gasteiger partial charge >= 0.3 is 6.09 Å².